The van der Waals surface area contributed by atoms with Crippen molar-refractivity contribution < 1.29 is 9.90 Å². The van der Waals surface area contributed by atoms with Crippen LogP contribution in [-0.4, -0.2) is 16.1 Å². The van der Waals surface area contributed by atoms with Crippen LogP contribution in [0.15, 0.2) is 41.8 Å². The Morgan fingerprint density at radius 1 is 1.14 bits per heavy atom. The lowest BCUT2D eigenvalue weighted by Gasteiger charge is -2.02. The molecule has 0 aliphatic heterocycles. The Balaban J connectivity index is 1.78. The number of fused-ring (bicyclic) bond motifs is 1. The van der Waals surface area contributed by atoms with Gasteiger partial charge in [0.1, 0.15) is 5.01 Å². The van der Waals surface area contributed by atoms with Crippen molar-refractivity contribution in [1.29, 1.82) is 0 Å². The van der Waals surface area contributed by atoms with Gasteiger partial charge in [-0.15, -0.1) is 11.3 Å². The molecule has 0 unspecified atom stereocenters. The van der Waals surface area contributed by atoms with Crippen molar-refractivity contribution in [2.45, 2.75) is 18.8 Å². The third-order valence-electron chi connectivity index (χ3n) is 3.85. The van der Waals surface area contributed by atoms with Crippen LogP contribution in [0.4, 0.5) is 0 Å². The molecule has 0 atom stereocenters. The average Bonchev–Trinajstić information content (AvgIpc) is 3.23. The second kappa shape index (κ2) is 4.67. The van der Waals surface area contributed by atoms with Gasteiger partial charge in [0.25, 0.3) is 0 Å². The number of benzene rings is 2. The molecule has 4 rings (SSSR count). The molecule has 0 radical (unpaired) electrons. The van der Waals surface area contributed by atoms with Gasteiger partial charge < -0.3 is 5.11 Å². The van der Waals surface area contributed by atoms with Crippen LogP contribution < -0.4 is 0 Å². The Hall–Kier alpha value is -2.20. The molecule has 1 N–H and O–H groups in total. The molecule has 1 aromatic heterocycles. The Labute approximate surface area is 125 Å². The van der Waals surface area contributed by atoms with Crippen LogP contribution in [-0.2, 0) is 0 Å². The molecule has 104 valence electrons. The van der Waals surface area contributed by atoms with Crippen LogP contribution in [0, 0.1) is 0 Å². The molecular formula is C17H13NO2S. The molecule has 0 amide bonds. The summed E-state index contributed by atoms with van der Waals surface area (Å²) in [6.07, 6.45) is 2.51. The minimum absolute atomic E-state index is 0.317. The van der Waals surface area contributed by atoms with Crippen molar-refractivity contribution in [2.24, 2.45) is 0 Å². The van der Waals surface area contributed by atoms with Crippen molar-refractivity contribution in [3.05, 3.63) is 53.0 Å². The molecular weight excluding hydrogens is 282 g/mol. The monoisotopic (exact) mass is 295 g/mol. The maximum atomic E-state index is 11.1. The minimum atomic E-state index is -0.896. The van der Waals surface area contributed by atoms with Gasteiger partial charge in [0.05, 0.1) is 11.3 Å². The number of rotatable bonds is 3. The standard InChI is InChI=1S/C17H13NO2S/c19-17(20)13-6-2-10-1-5-12(7-14(10)8-13)16-18-15(9-21-16)11-3-4-11/h1-2,5-9,11H,3-4H2,(H,19,20). The first-order valence-corrected chi connectivity index (χ1v) is 7.81. The normalized spacial score (nSPS) is 14.5. The summed E-state index contributed by atoms with van der Waals surface area (Å²) in [5.41, 5.74) is 2.58. The molecule has 1 aliphatic carbocycles. The molecule has 0 bridgehead atoms. The molecule has 1 heterocycles. The fourth-order valence-corrected chi connectivity index (χ4v) is 3.40. The predicted octanol–water partition coefficient (Wildman–Crippen LogP) is 4.54. The van der Waals surface area contributed by atoms with E-state index in [2.05, 4.69) is 11.4 Å². The van der Waals surface area contributed by atoms with Crippen molar-refractivity contribution in [3.63, 3.8) is 0 Å². The summed E-state index contributed by atoms with van der Waals surface area (Å²) in [6.45, 7) is 0. The molecule has 4 heteroatoms. The molecule has 0 spiro atoms. The molecule has 1 fully saturated rings. The third-order valence-corrected chi connectivity index (χ3v) is 4.76. The first kappa shape index (κ1) is 12.5. The zero-order valence-corrected chi connectivity index (χ0v) is 12.1. The van der Waals surface area contributed by atoms with Gasteiger partial charge in [0.2, 0.25) is 0 Å². The van der Waals surface area contributed by atoms with E-state index in [1.807, 2.05) is 18.2 Å². The van der Waals surface area contributed by atoms with E-state index in [1.165, 1.54) is 18.5 Å². The molecule has 1 saturated carbocycles. The minimum Gasteiger partial charge on any atom is -0.478 e. The molecule has 1 aliphatic rings. The highest BCUT2D eigenvalue weighted by atomic mass is 32.1. The van der Waals surface area contributed by atoms with E-state index in [0.717, 1.165) is 21.3 Å². The van der Waals surface area contributed by atoms with E-state index in [0.29, 0.717) is 11.5 Å². The molecule has 21 heavy (non-hydrogen) atoms. The highest BCUT2D eigenvalue weighted by Gasteiger charge is 2.26. The zero-order valence-electron chi connectivity index (χ0n) is 11.2. The number of hydrogen-bond acceptors (Lipinski definition) is 3. The SMILES string of the molecule is O=C(O)c1ccc2ccc(-c3nc(C4CC4)cs3)cc2c1. The fourth-order valence-electron chi connectivity index (χ4n) is 2.50. The summed E-state index contributed by atoms with van der Waals surface area (Å²) < 4.78 is 0. The van der Waals surface area contributed by atoms with Crippen LogP contribution in [0.25, 0.3) is 21.3 Å². The Morgan fingerprint density at radius 3 is 2.71 bits per heavy atom. The molecule has 3 aromatic rings. The van der Waals surface area contributed by atoms with Crippen molar-refractivity contribution in [1.82, 2.24) is 4.98 Å². The highest BCUT2D eigenvalue weighted by molar-refractivity contribution is 7.13. The fraction of sp³-hybridized carbons (Fsp3) is 0.176. The number of nitrogens with zero attached hydrogens (tertiary/aromatic N) is 1. The quantitative estimate of drug-likeness (QED) is 0.771. The topological polar surface area (TPSA) is 50.2 Å². The van der Waals surface area contributed by atoms with Crippen molar-refractivity contribution in [3.8, 4) is 10.6 Å². The molecule has 0 saturated heterocycles. The van der Waals surface area contributed by atoms with Gasteiger partial charge in [0, 0.05) is 16.9 Å². The van der Waals surface area contributed by atoms with Crippen molar-refractivity contribution >= 4 is 28.1 Å². The maximum Gasteiger partial charge on any atom is 0.335 e. The van der Waals surface area contributed by atoms with Gasteiger partial charge in [-0.25, -0.2) is 9.78 Å². The third kappa shape index (κ3) is 2.32. The number of hydrogen-bond donors (Lipinski definition) is 1. The first-order chi connectivity index (χ1) is 10.2. The molecule has 2 aromatic carbocycles. The van der Waals surface area contributed by atoms with Crippen LogP contribution in [0.5, 0.6) is 0 Å². The lowest BCUT2D eigenvalue weighted by molar-refractivity contribution is 0.0697. The zero-order chi connectivity index (χ0) is 14.4. The van der Waals surface area contributed by atoms with Crippen LogP contribution in [0.1, 0.15) is 34.8 Å². The summed E-state index contributed by atoms with van der Waals surface area (Å²) in [5, 5.41) is 14.2. The summed E-state index contributed by atoms with van der Waals surface area (Å²) in [5.74, 6) is -0.235. The second-order valence-electron chi connectivity index (χ2n) is 5.43. The number of carboxylic acid groups (broad SMARTS) is 1. The van der Waals surface area contributed by atoms with Gasteiger partial charge in [-0.1, -0.05) is 18.2 Å². The Kier molecular flexibility index (Phi) is 2.79. The lowest BCUT2D eigenvalue weighted by atomic mass is 10.0. The maximum absolute atomic E-state index is 11.1. The van der Waals surface area contributed by atoms with Gasteiger partial charge in [-0.05, 0) is 41.8 Å². The second-order valence-corrected chi connectivity index (χ2v) is 6.29. The van der Waals surface area contributed by atoms with E-state index < -0.39 is 5.97 Å². The van der Waals surface area contributed by atoms with E-state index in [1.54, 1.807) is 23.5 Å². The number of aromatic carboxylic acids is 1. The van der Waals surface area contributed by atoms with E-state index in [-0.39, 0.29) is 0 Å². The van der Waals surface area contributed by atoms with Gasteiger partial charge in [-0.2, -0.15) is 0 Å². The lowest BCUT2D eigenvalue weighted by Crippen LogP contribution is -1.95. The first-order valence-electron chi connectivity index (χ1n) is 6.93. The largest absolute Gasteiger partial charge is 0.478 e. The smallest absolute Gasteiger partial charge is 0.335 e. The number of carbonyl (C=O) groups is 1. The Bertz CT molecular complexity index is 849. The van der Waals surface area contributed by atoms with Gasteiger partial charge >= 0.3 is 5.97 Å². The summed E-state index contributed by atoms with van der Waals surface area (Å²) in [4.78, 5) is 15.8. The van der Waals surface area contributed by atoms with Gasteiger partial charge in [0.15, 0.2) is 0 Å². The highest BCUT2D eigenvalue weighted by Crippen LogP contribution is 2.41. The average molecular weight is 295 g/mol. The number of carboxylic acids is 1. The number of aromatic nitrogens is 1. The summed E-state index contributed by atoms with van der Waals surface area (Å²) >= 11 is 1.66. The summed E-state index contributed by atoms with van der Waals surface area (Å²) in [7, 11) is 0. The van der Waals surface area contributed by atoms with Crippen LogP contribution in [0.3, 0.4) is 0 Å². The summed E-state index contributed by atoms with van der Waals surface area (Å²) in [6, 6.07) is 11.3. The molecule has 3 nitrogen and oxygen atoms in total. The van der Waals surface area contributed by atoms with Crippen molar-refractivity contribution in [2.75, 3.05) is 0 Å². The van der Waals surface area contributed by atoms with E-state index >= 15 is 0 Å². The van der Waals surface area contributed by atoms with Crippen LogP contribution >= 0.6 is 11.3 Å². The van der Waals surface area contributed by atoms with Gasteiger partial charge in [-0.3, -0.25) is 0 Å². The van der Waals surface area contributed by atoms with E-state index in [4.69, 9.17) is 10.1 Å². The van der Waals surface area contributed by atoms with E-state index in [9.17, 15) is 4.79 Å². The Morgan fingerprint density at radius 2 is 1.95 bits per heavy atom. The van der Waals surface area contributed by atoms with Crippen LogP contribution in [0.2, 0.25) is 0 Å². The predicted molar refractivity (Wildman–Crippen MR) is 84.0 cm³/mol. The number of thiazole rings is 1.